The van der Waals surface area contributed by atoms with E-state index in [-0.39, 0.29) is 66.5 Å². The van der Waals surface area contributed by atoms with Crippen molar-refractivity contribution in [3.05, 3.63) is 56.5 Å². The molecule has 3 aliphatic rings. The number of thiol groups is 2. The Balaban J connectivity index is 1.83. The van der Waals surface area contributed by atoms with Gasteiger partial charge in [0.25, 0.3) is 0 Å². The van der Waals surface area contributed by atoms with Crippen molar-refractivity contribution in [3.8, 4) is 0 Å². The number of carbonyl (C=O) groups excluding carboxylic acids is 2. The number of carboxylic acid groups (broad SMARTS) is 2. The highest BCUT2D eigenvalue weighted by Crippen LogP contribution is 2.40. The molecular formula is C33H44N4O7S2. The summed E-state index contributed by atoms with van der Waals surface area (Å²) in [5, 5.41) is 41.2. The van der Waals surface area contributed by atoms with Gasteiger partial charge < -0.3 is 36.3 Å². The molecule has 1 aromatic rings. The van der Waals surface area contributed by atoms with E-state index in [4.69, 9.17) is 0 Å². The first-order chi connectivity index (χ1) is 21.6. The lowest BCUT2D eigenvalue weighted by molar-refractivity contribution is -0.138. The van der Waals surface area contributed by atoms with E-state index < -0.39 is 23.6 Å². The van der Waals surface area contributed by atoms with Gasteiger partial charge in [-0.25, -0.2) is 0 Å². The third kappa shape index (κ3) is 7.26. The van der Waals surface area contributed by atoms with Crippen molar-refractivity contribution in [3.63, 3.8) is 0 Å². The van der Waals surface area contributed by atoms with Crippen molar-refractivity contribution in [1.82, 2.24) is 20.9 Å². The van der Waals surface area contributed by atoms with Crippen LogP contribution in [-0.4, -0.2) is 66.8 Å². The minimum Gasteiger partial charge on any atom is -0.481 e. The maximum absolute atomic E-state index is 12.6. The summed E-state index contributed by atoms with van der Waals surface area (Å²) in [7, 11) is 0. The van der Waals surface area contributed by atoms with Crippen LogP contribution in [0.25, 0.3) is 12.2 Å². The number of hydrogen-bond acceptors (Lipinski definition) is 8. The zero-order valence-corrected chi connectivity index (χ0v) is 28.5. The molecule has 0 aliphatic carbocycles. The Bertz CT molecular complexity index is 1640. The Kier molecular flexibility index (Phi) is 10.9. The quantitative estimate of drug-likeness (QED) is 0.125. The second-order valence-corrected chi connectivity index (χ2v) is 13.7. The van der Waals surface area contributed by atoms with Crippen molar-refractivity contribution >= 4 is 61.2 Å². The summed E-state index contributed by atoms with van der Waals surface area (Å²) >= 11 is 8.81. The largest absolute Gasteiger partial charge is 0.481 e. The summed E-state index contributed by atoms with van der Waals surface area (Å²) < 4.78 is 0. The van der Waals surface area contributed by atoms with Crippen LogP contribution in [0.1, 0.15) is 58.1 Å². The van der Waals surface area contributed by atoms with Crippen LogP contribution in [0, 0.1) is 30.6 Å². The number of aliphatic carboxylic acids is 2. The molecule has 46 heavy (non-hydrogen) atoms. The predicted octanol–water partition coefficient (Wildman–Crippen LogP) is 1.52. The van der Waals surface area contributed by atoms with E-state index >= 15 is 0 Å². The van der Waals surface area contributed by atoms with Gasteiger partial charge in [0.2, 0.25) is 11.8 Å². The summed E-state index contributed by atoms with van der Waals surface area (Å²) in [6.45, 7) is 9.34. The molecule has 2 amide bonds. The number of carbonyl (C=O) groups is 4. The molecule has 2 fully saturated rings. The third-order valence-corrected chi connectivity index (χ3v) is 10.0. The Morgan fingerprint density at radius 2 is 1.70 bits per heavy atom. The van der Waals surface area contributed by atoms with E-state index in [0.29, 0.717) is 33.6 Å². The van der Waals surface area contributed by atoms with Gasteiger partial charge in [0.05, 0.1) is 6.04 Å². The second-order valence-electron chi connectivity index (χ2n) is 12.5. The average molecular weight is 673 g/mol. The third-order valence-electron chi connectivity index (χ3n) is 9.52. The molecule has 1 aromatic heterocycles. The SMILES string of the molecule is Cc1c(CCC(=O)O)/c(=C/C2=C(CCC(=O)O)C(C)[C@@](O)(/C=C3\NC(=O)[C@H](C)[C@H]3C(C)S)N2)[nH]/c1=C/[C@H]1NC(=O)/C(=C\CS)C1C. The molecule has 0 spiro atoms. The first-order valence-electron chi connectivity index (χ1n) is 15.5. The number of aliphatic hydroxyl groups is 1. The number of aromatic amines is 1. The summed E-state index contributed by atoms with van der Waals surface area (Å²) in [4.78, 5) is 51.7. The Morgan fingerprint density at radius 3 is 2.30 bits per heavy atom. The topological polar surface area (TPSA) is 181 Å². The molecule has 0 aromatic carbocycles. The monoisotopic (exact) mass is 672 g/mol. The fourth-order valence-electron chi connectivity index (χ4n) is 6.77. The van der Waals surface area contributed by atoms with Gasteiger partial charge in [-0.1, -0.05) is 33.8 Å². The van der Waals surface area contributed by atoms with Crippen LogP contribution >= 0.6 is 25.3 Å². The molecule has 3 aliphatic heterocycles. The van der Waals surface area contributed by atoms with Gasteiger partial charge in [0.1, 0.15) is 0 Å². The molecule has 7 N–H and O–H groups in total. The van der Waals surface area contributed by atoms with Crippen LogP contribution in [0.4, 0.5) is 0 Å². The summed E-state index contributed by atoms with van der Waals surface area (Å²) in [6, 6.07) is -0.297. The molecule has 11 nitrogen and oxygen atoms in total. The van der Waals surface area contributed by atoms with Gasteiger partial charge in [0, 0.05) is 75.2 Å². The maximum atomic E-state index is 12.6. The van der Waals surface area contributed by atoms with Crippen LogP contribution in [-0.2, 0) is 25.6 Å². The molecule has 0 radical (unpaired) electrons. The van der Waals surface area contributed by atoms with Crippen molar-refractivity contribution in [1.29, 1.82) is 0 Å². The molecule has 7 atom stereocenters. The molecule has 2 saturated heterocycles. The highest BCUT2D eigenvalue weighted by molar-refractivity contribution is 7.81. The highest BCUT2D eigenvalue weighted by Gasteiger charge is 2.45. The fraction of sp³-hybridized carbons (Fsp3) is 0.515. The number of H-pyrrole nitrogens is 1. The fourth-order valence-corrected chi connectivity index (χ4v) is 7.39. The van der Waals surface area contributed by atoms with Gasteiger partial charge in [-0.05, 0) is 54.7 Å². The Morgan fingerprint density at radius 1 is 1.04 bits per heavy atom. The normalized spacial score (nSPS) is 31.2. The van der Waals surface area contributed by atoms with Crippen LogP contribution in [0.3, 0.4) is 0 Å². The van der Waals surface area contributed by atoms with Gasteiger partial charge >= 0.3 is 11.9 Å². The Hall–Kier alpha value is -3.42. The second kappa shape index (κ2) is 14.1. The van der Waals surface area contributed by atoms with Crippen molar-refractivity contribution in [2.24, 2.45) is 23.7 Å². The summed E-state index contributed by atoms with van der Waals surface area (Å²) in [6.07, 6.45) is 7.20. The summed E-state index contributed by atoms with van der Waals surface area (Å²) in [5.41, 5.74) is 2.32. The van der Waals surface area contributed by atoms with Gasteiger partial charge in [-0.3, -0.25) is 19.2 Å². The minimum absolute atomic E-state index is 0.106. The van der Waals surface area contributed by atoms with E-state index in [0.717, 1.165) is 16.5 Å². The van der Waals surface area contributed by atoms with Crippen molar-refractivity contribution in [2.45, 2.75) is 77.3 Å². The lowest BCUT2D eigenvalue weighted by Gasteiger charge is -2.29. The van der Waals surface area contributed by atoms with E-state index in [2.05, 4.69) is 46.2 Å². The number of allylic oxidation sites excluding steroid dienone is 2. The zero-order chi connectivity index (χ0) is 34.1. The standard InChI is InChI=1S/C33H44N4O7S2/c1-15-20(6-8-28(38)39)25(34-23(15)12-24-16(2)21(10-11-45)32(43)35-24)13-26-22(7-9-29(40)41)18(4)33(44,37-26)14-27-30(19(5)46)17(3)31(42)36-27/h10,12-14,16-19,24,30,34,37,44-46H,6-9,11H2,1-5H3,(H,35,43)(H,36,42)(H,38,39)(H,40,41)/b21-10-,23-12+,25-13-,27-14-/t16?,17-,18?,19?,24-,30+,33+/m1/s1. The predicted molar refractivity (Wildman–Crippen MR) is 181 cm³/mol. The van der Waals surface area contributed by atoms with Crippen molar-refractivity contribution in [2.75, 3.05) is 5.75 Å². The highest BCUT2D eigenvalue weighted by atomic mass is 32.1. The first kappa shape index (κ1) is 35.4. The molecular weight excluding hydrogens is 629 g/mol. The molecule has 13 heteroatoms. The number of nitrogens with one attached hydrogen (secondary N) is 4. The first-order valence-corrected chi connectivity index (χ1v) is 16.6. The molecule has 4 heterocycles. The lowest BCUT2D eigenvalue weighted by Crippen LogP contribution is -2.44. The number of amides is 2. The number of carboxylic acids is 2. The van der Waals surface area contributed by atoms with Crippen LogP contribution < -0.4 is 26.6 Å². The van der Waals surface area contributed by atoms with E-state index in [1.54, 1.807) is 25.2 Å². The zero-order valence-electron chi connectivity index (χ0n) is 26.7. The summed E-state index contributed by atoms with van der Waals surface area (Å²) in [5.74, 6) is -3.07. The van der Waals surface area contributed by atoms with E-state index in [1.807, 2.05) is 33.8 Å². The van der Waals surface area contributed by atoms with Gasteiger partial charge in [-0.2, -0.15) is 25.3 Å². The van der Waals surface area contributed by atoms with Gasteiger partial charge in [0.15, 0.2) is 5.72 Å². The molecule has 0 saturated carbocycles. The molecule has 4 rings (SSSR count). The maximum Gasteiger partial charge on any atom is 0.303 e. The smallest absolute Gasteiger partial charge is 0.303 e. The minimum atomic E-state index is -1.65. The lowest BCUT2D eigenvalue weighted by atomic mass is 9.86. The number of rotatable bonds is 11. The number of hydrogen-bond donors (Lipinski definition) is 9. The average Bonchev–Trinajstić information content (AvgIpc) is 3.58. The van der Waals surface area contributed by atoms with Crippen LogP contribution in [0.5, 0.6) is 0 Å². The van der Waals surface area contributed by atoms with E-state index in [9.17, 15) is 34.5 Å². The van der Waals surface area contributed by atoms with Crippen LogP contribution in [0.2, 0.25) is 0 Å². The van der Waals surface area contributed by atoms with Crippen LogP contribution in [0.15, 0.2) is 34.7 Å². The van der Waals surface area contributed by atoms with Gasteiger partial charge in [-0.15, -0.1) is 0 Å². The molecule has 250 valence electrons. The van der Waals surface area contributed by atoms with Crippen molar-refractivity contribution < 1.29 is 34.5 Å². The Labute approximate surface area is 279 Å². The molecule has 3 unspecified atom stereocenters. The van der Waals surface area contributed by atoms with E-state index in [1.165, 1.54) is 0 Å². The number of aromatic nitrogens is 1. The molecule has 0 bridgehead atoms.